The Morgan fingerprint density at radius 2 is 2.19 bits per heavy atom. The van der Waals surface area contributed by atoms with E-state index in [2.05, 4.69) is 10.2 Å². The van der Waals surface area contributed by atoms with Gasteiger partial charge >= 0.3 is 0 Å². The summed E-state index contributed by atoms with van der Waals surface area (Å²) in [5, 5.41) is 12.9. The second-order valence-electron chi connectivity index (χ2n) is 6.25. The van der Waals surface area contributed by atoms with Crippen molar-refractivity contribution in [2.75, 3.05) is 30.7 Å². The van der Waals surface area contributed by atoms with Crippen LogP contribution in [0.5, 0.6) is 0 Å². The molecule has 0 spiro atoms. The third kappa shape index (κ3) is 4.72. The van der Waals surface area contributed by atoms with Crippen LogP contribution in [-0.2, 0) is 4.79 Å². The van der Waals surface area contributed by atoms with Crippen LogP contribution in [0.2, 0.25) is 0 Å². The summed E-state index contributed by atoms with van der Waals surface area (Å²) in [4.78, 5) is 14.2. The second kappa shape index (κ2) is 6.45. The average molecular weight is 291 g/mol. The largest absolute Gasteiger partial charge is 0.398 e. The molecule has 5 nitrogen and oxygen atoms in total. The lowest BCUT2D eigenvalue weighted by atomic mass is 9.98. The molecule has 1 aromatic carbocycles. The summed E-state index contributed by atoms with van der Waals surface area (Å²) in [6.45, 7) is 5.75. The van der Waals surface area contributed by atoms with Gasteiger partial charge in [0.05, 0.1) is 12.1 Å². The first-order valence-corrected chi connectivity index (χ1v) is 7.46. The predicted molar refractivity (Wildman–Crippen MR) is 85.1 cm³/mol. The molecule has 0 bridgehead atoms. The number of anilines is 2. The fourth-order valence-electron chi connectivity index (χ4n) is 2.60. The summed E-state index contributed by atoms with van der Waals surface area (Å²) in [5.74, 6) is -0.0419. The van der Waals surface area contributed by atoms with E-state index in [9.17, 15) is 9.90 Å². The molecule has 1 heterocycles. The molecule has 1 aromatic rings. The Hall–Kier alpha value is -1.59. The molecule has 2 rings (SSSR count). The number of aryl methyl sites for hydroxylation is 1. The summed E-state index contributed by atoms with van der Waals surface area (Å²) in [5.41, 5.74) is 7.65. The molecule has 4 N–H and O–H groups in total. The maximum atomic E-state index is 12.1. The fraction of sp³-hybridized carbons (Fsp3) is 0.562. The lowest BCUT2D eigenvalue weighted by molar-refractivity contribution is -0.117. The third-order valence-electron chi connectivity index (χ3n) is 4.09. The van der Waals surface area contributed by atoms with Crippen molar-refractivity contribution in [3.63, 3.8) is 0 Å². The molecule has 0 aromatic heterocycles. The molecule has 0 radical (unpaired) electrons. The van der Waals surface area contributed by atoms with Crippen LogP contribution in [0.1, 0.15) is 31.7 Å². The highest BCUT2D eigenvalue weighted by Gasteiger charge is 2.25. The van der Waals surface area contributed by atoms with Crippen molar-refractivity contribution >= 4 is 17.3 Å². The SMILES string of the molecule is Cc1ccc(NC(=O)CN2CCCC(C)(O)CC2)cc1N. The molecule has 5 heteroatoms. The number of likely N-dealkylation sites (tertiary alicyclic amines) is 1. The van der Waals surface area contributed by atoms with E-state index in [0.717, 1.165) is 37.2 Å². The van der Waals surface area contributed by atoms with Gasteiger partial charge in [0.15, 0.2) is 0 Å². The van der Waals surface area contributed by atoms with E-state index in [1.54, 1.807) is 6.07 Å². The first-order valence-electron chi connectivity index (χ1n) is 7.46. The Morgan fingerprint density at radius 1 is 1.43 bits per heavy atom. The van der Waals surface area contributed by atoms with Crippen molar-refractivity contribution in [2.24, 2.45) is 0 Å². The van der Waals surface area contributed by atoms with E-state index in [-0.39, 0.29) is 5.91 Å². The Balaban J connectivity index is 1.88. The van der Waals surface area contributed by atoms with Gasteiger partial charge in [-0.2, -0.15) is 0 Å². The third-order valence-corrected chi connectivity index (χ3v) is 4.09. The molecule has 1 amide bonds. The van der Waals surface area contributed by atoms with E-state index in [0.29, 0.717) is 18.7 Å². The molecule has 1 aliphatic rings. The number of benzene rings is 1. The van der Waals surface area contributed by atoms with Crippen molar-refractivity contribution < 1.29 is 9.90 Å². The maximum Gasteiger partial charge on any atom is 0.238 e. The smallest absolute Gasteiger partial charge is 0.238 e. The van der Waals surface area contributed by atoms with Crippen molar-refractivity contribution in [1.29, 1.82) is 0 Å². The Labute approximate surface area is 126 Å². The summed E-state index contributed by atoms with van der Waals surface area (Å²) in [6, 6.07) is 5.53. The summed E-state index contributed by atoms with van der Waals surface area (Å²) in [7, 11) is 0. The van der Waals surface area contributed by atoms with Crippen LogP contribution in [0.4, 0.5) is 11.4 Å². The average Bonchev–Trinajstić information content (AvgIpc) is 2.55. The molecule has 21 heavy (non-hydrogen) atoms. The number of hydrogen-bond acceptors (Lipinski definition) is 4. The number of nitrogens with zero attached hydrogens (tertiary/aromatic N) is 1. The molecular weight excluding hydrogens is 266 g/mol. The number of aliphatic hydroxyl groups is 1. The van der Waals surface area contributed by atoms with Crippen molar-refractivity contribution in [3.8, 4) is 0 Å². The molecule has 1 saturated heterocycles. The van der Waals surface area contributed by atoms with E-state index >= 15 is 0 Å². The molecule has 1 fully saturated rings. The van der Waals surface area contributed by atoms with Gasteiger partial charge in [0.2, 0.25) is 5.91 Å². The number of carbonyl (C=O) groups excluding carboxylic acids is 1. The summed E-state index contributed by atoms with van der Waals surface area (Å²) >= 11 is 0. The van der Waals surface area contributed by atoms with Crippen molar-refractivity contribution in [3.05, 3.63) is 23.8 Å². The predicted octanol–water partition coefficient (Wildman–Crippen LogP) is 1.75. The van der Waals surface area contributed by atoms with Gasteiger partial charge in [-0.05, 0) is 57.4 Å². The number of carbonyl (C=O) groups is 1. The van der Waals surface area contributed by atoms with E-state index < -0.39 is 5.60 Å². The van der Waals surface area contributed by atoms with Crippen LogP contribution in [0.3, 0.4) is 0 Å². The highest BCUT2D eigenvalue weighted by Crippen LogP contribution is 2.21. The van der Waals surface area contributed by atoms with Crippen LogP contribution in [0.25, 0.3) is 0 Å². The highest BCUT2D eigenvalue weighted by molar-refractivity contribution is 5.92. The molecule has 0 saturated carbocycles. The minimum Gasteiger partial charge on any atom is -0.398 e. The minimum atomic E-state index is -0.601. The standard InChI is InChI=1S/C16H25N3O2/c1-12-4-5-13(10-14(12)17)18-15(20)11-19-8-3-6-16(2,21)7-9-19/h4-5,10,21H,3,6-9,11,17H2,1-2H3,(H,18,20). The van der Waals surface area contributed by atoms with E-state index in [1.165, 1.54) is 0 Å². The lowest BCUT2D eigenvalue weighted by Gasteiger charge is -2.22. The molecule has 116 valence electrons. The number of hydrogen-bond donors (Lipinski definition) is 3. The summed E-state index contributed by atoms with van der Waals surface area (Å²) < 4.78 is 0. The number of amides is 1. The zero-order valence-electron chi connectivity index (χ0n) is 12.9. The van der Waals surface area contributed by atoms with Gasteiger partial charge in [0.25, 0.3) is 0 Å². The molecule has 1 aliphatic heterocycles. The van der Waals surface area contributed by atoms with Gasteiger partial charge < -0.3 is 16.2 Å². The lowest BCUT2D eigenvalue weighted by Crippen LogP contribution is -2.35. The quantitative estimate of drug-likeness (QED) is 0.741. The van der Waals surface area contributed by atoms with Crippen molar-refractivity contribution in [1.82, 2.24) is 4.90 Å². The number of nitrogen functional groups attached to an aromatic ring is 1. The minimum absolute atomic E-state index is 0.0419. The van der Waals surface area contributed by atoms with Gasteiger partial charge in [-0.1, -0.05) is 6.07 Å². The molecule has 1 atom stereocenters. The Morgan fingerprint density at radius 3 is 2.90 bits per heavy atom. The Kier molecular flexibility index (Phi) is 4.85. The van der Waals surface area contributed by atoms with Crippen LogP contribution < -0.4 is 11.1 Å². The number of nitrogens with two attached hydrogens (primary N) is 1. The first kappa shape index (κ1) is 15.8. The zero-order valence-corrected chi connectivity index (χ0v) is 12.9. The Bertz CT molecular complexity index is 514. The van der Waals surface area contributed by atoms with Crippen molar-refractivity contribution in [2.45, 2.75) is 38.7 Å². The van der Waals surface area contributed by atoms with E-state index in [4.69, 9.17) is 5.73 Å². The van der Waals surface area contributed by atoms with Gasteiger partial charge in [-0.25, -0.2) is 0 Å². The normalized spacial score (nSPS) is 23.6. The maximum absolute atomic E-state index is 12.1. The van der Waals surface area contributed by atoms with Crippen LogP contribution in [0, 0.1) is 6.92 Å². The summed E-state index contributed by atoms with van der Waals surface area (Å²) in [6.07, 6.45) is 2.41. The van der Waals surface area contributed by atoms with Crippen LogP contribution >= 0.6 is 0 Å². The molecular formula is C16H25N3O2. The second-order valence-corrected chi connectivity index (χ2v) is 6.25. The fourth-order valence-corrected chi connectivity index (χ4v) is 2.60. The number of rotatable bonds is 3. The van der Waals surface area contributed by atoms with Crippen LogP contribution in [0.15, 0.2) is 18.2 Å². The first-order chi connectivity index (χ1) is 9.85. The topological polar surface area (TPSA) is 78.6 Å². The monoisotopic (exact) mass is 291 g/mol. The van der Waals surface area contributed by atoms with Gasteiger partial charge in [0, 0.05) is 17.9 Å². The van der Waals surface area contributed by atoms with Gasteiger partial charge in [0.1, 0.15) is 0 Å². The zero-order chi connectivity index (χ0) is 15.5. The van der Waals surface area contributed by atoms with Gasteiger partial charge in [-0.15, -0.1) is 0 Å². The van der Waals surface area contributed by atoms with E-state index in [1.807, 2.05) is 26.0 Å². The number of nitrogens with one attached hydrogen (secondary N) is 1. The molecule has 1 unspecified atom stereocenters. The highest BCUT2D eigenvalue weighted by atomic mass is 16.3. The van der Waals surface area contributed by atoms with Crippen LogP contribution in [-0.4, -0.2) is 41.1 Å². The molecule has 0 aliphatic carbocycles. The van der Waals surface area contributed by atoms with Gasteiger partial charge in [-0.3, -0.25) is 9.69 Å².